The molecule has 2 atom stereocenters. The SMILES string of the molecule is CCCCCCCCCCCCCCP(Cl)C(C)O. The quantitative estimate of drug-likeness (QED) is 0.281. The summed E-state index contributed by atoms with van der Waals surface area (Å²) in [6.45, 7) is 4.08. The predicted octanol–water partition coefficient (Wildman–Crippen LogP) is 6.66. The van der Waals surface area contributed by atoms with Crippen molar-refractivity contribution in [1.29, 1.82) is 0 Å². The third-order valence-corrected chi connectivity index (χ3v) is 6.54. The van der Waals surface area contributed by atoms with Crippen LogP contribution >= 0.6 is 18.5 Å². The van der Waals surface area contributed by atoms with Gasteiger partial charge >= 0.3 is 0 Å². The molecule has 0 saturated carbocycles. The molecule has 2 unspecified atom stereocenters. The predicted molar refractivity (Wildman–Crippen MR) is 90.4 cm³/mol. The molecular formula is C16H34ClOP. The molecule has 0 saturated heterocycles. The van der Waals surface area contributed by atoms with Crippen LogP contribution in [0.1, 0.15) is 90.9 Å². The van der Waals surface area contributed by atoms with Crippen molar-refractivity contribution in [2.45, 2.75) is 96.7 Å². The standard InChI is InChI=1S/C16H34ClOP/c1-3-4-5-6-7-8-9-10-11-12-13-14-15-19(17)16(2)18/h16,18H,3-15H2,1-2H3. The Hall–Kier alpha value is 0.680. The van der Waals surface area contributed by atoms with Gasteiger partial charge < -0.3 is 5.11 Å². The average Bonchev–Trinajstić information content (AvgIpc) is 2.39. The highest BCUT2D eigenvalue weighted by Gasteiger charge is 2.09. The molecule has 0 fully saturated rings. The molecule has 0 aliphatic rings. The van der Waals surface area contributed by atoms with E-state index in [1.54, 1.807) is 6.92 Å². The molecule has 0 spiro atoms. The maximum Gasteiger partial charge on any atom is 0.0845 e. The molecule has 0 rings (SSSR count). The summed E-state index contributed by atoms with van der Waals surface area (Å²) in [5.41, 5.74) is 0. The van der Waals surface area contributed by atoms with Crippen molar-refractivity contribution in [2.75, 3.05) is 6.16 Å². The first-order chi connectivity index (χ1) is 9.18. The highest BCUT2D eigenvalue weighted by atomic mass is 35.7. The molecule has 1 N–H and O–H groups in total. The van der Waals surface area contributed by atoms with Crippen molar-refractivity contribution in [3.05, 3.63) is 0 Å². The fraction of sp³-hybridized carbons (Fsp3) is 1.00. The zero-order valence-corrected chi connectivity index (χ0v) is 14.7. The molecule has 116 valence electrons. The van der Waals surface area contributed by atoms with Gasteiger partial charge in [-0.25, -0.2) is 0 Å². The number of rotatable bonds is 14. The van der Waals surface area contributed by atoms with Crippen molar-refractivity contribution in [2.24, 2.45) is 0 Å². The Bertz CT molecular complexity index is 176. The number of unbranched alkanes of at least 4 members (excludes halogenated alkanes) is 11. The second-order valence-electron chi connectivity index (χ2n) is 5.64. The second kappa shape index (κ2) is 15.1. The van der Waals surface area contributed by atoms with E-state index in [-0.39, 0.29) is 5.85 Å². The lowest BCUT2D eigenvalue weighted by atomic mass is 10.1. The summed E-state index contributed by atoms with van der Waals surface area (Å²) < 4.78 is 0. The first kappa shape index (κ1) is 19.7. The Kier molecular flexibility index (Phi) is 15.6. The topological polar surface area (TPSA) is 20.2 Å². The molecule has 0 aromatic carbocycles. The average molecular weight is 309 g/mol. The monoisotopic (exact) mass is 308 g/mol. The van der Waals surface area contributed by atoms with E-state index in [2.05, 4.69) is 6.92 Å². The van der Waals surface area contributed by atoms with Gasteiger partial charge in [0.1, 0.15) is 0 Å². The molecule has 19 heavy (non-hydrogen) atoms. The van der Waals surface area contributed by atoms with Gasteiger partial charge in [0.2, 0.25) is 0 Å². The van der Waals surface area contributed by atoms with Crippen molar-refractivity contribution < 1.29 is 5.11 Å². The first-order valence-corrected chi connectivity index (χ1v) is 10.8. The number of aliphatic hydroxyl groups excluding tert-OH is 1. The summed E-state index contributed by atoms with van der Waals surface area (Å²) >= 11 is 6.06. The summed E-state index contributed by atoms with van der Waals surface area (Å²) in [5, 5.41) is 9.29. The van der Waals surface area contributed by atoms with E-state index < -0.39 is 7.27 Å². The molecule has 0 radical (unpaired) electrons. The number of hydrogen-bond donors (Lipinski definition) is 1. The van der Waals surface area contributed by atoms with E-state index in [0.717, 1.165) is 6.16 Å². The Morgan fingerprint density at radius 2 is 1.16 bits per heavy atom. The molecule has 0 aromatic rings. The Morgan fingerprint density at radius 1 is 0.789 bits per heavy atom. The molecule has 1 nitrogen and oxygen atoms in total. The van der Waals surface area contributed by atoms with Gasteiger partial charge in [0, 0.05) is 7.27 Å². The van der Waals surface area contributed by atoms with E-state index in [9.17, 15) is 5.11 Å². The Balaban J connectivity index is 3.03. The number of aliphatic hydroxyl groups is 1. The van der Waals surface area contributed by atoms with Gasteiger partial charge in [0.15, 0.2) is 0 Å². The summed E-state index contributed by atoms with van der Waals surface area (Å²) in [6, 6.07) is 0. The lowest BCUT2D eigenvalue weighted by molar-refractivity contribution is 0.279. The lowest BCUT2D eigenvalue weighted by Crippen LogP contribution is -1.96. The zero-order valence-electron chi connectivity index (χ0n) is 13.0. The van der Waals surface area contributed by atoms with Gasteiger partial charge in [-0.3, -0.25) is 0 Å². The zero-order chi connectivity index (χ0) is 14.3. The fourth-order valence-electron chi connectivity index (χ4n) is 2.29. The van der Waals surface area contributed by atoms with Gasteiger partial charge in [-0.05, 0) is 19.5 Å². The van der Waals surface area contributed by atoms with Crippen molar-refractivity contribution in [3.63, 3.8) is 0 Å². The van der Waals surface area contributed by atoms with Gasteiger partial charge in [-0.15, -0.1) is 0 Å². The normalized spacial score (nSPS) is 14.5. The van der Waals surface area contributed by atoms with Gasteiger partial charge in [-0.1, -0.05) is 88.8 Å². The van der Waals surface area contributed by atoms with E-state index in [4.69, 9.17) is 11.2 Å². The molecule has 0 heterocycles. The molecule has 0 aliphatic carbocycles. The third kappa shape index (κ3) is 14.9. The number of halogens is 1. The van der Waals surface area contributed by atoms with Crippen LogP contribution in [-0.2, 0) is 0 Å². The summed E-state index contributed by atoms with van der Waals surface area (Å²) in [4.78, 5) is 0. The number of hydrogen-bond acceptors (Lipinski definition) is 1. The summed E-state index contributed by atoms with van der Waals surface area (Å²) in [6.07, 6.45) is 17.5. The minimum Gasteiger partial charge on any atom is -0.388 e. The summed E-state index contributed by atoms with van der Waals surface area (Å²) in [5.74, 6) is -0.302. The molecule has 0 aromatic heterocycles. The molecular weight excluding hydrogens is 275 g/mol. The Morgan fingerprint density at radius 3 is 1.53 bits per heavy atom. The van der Waals surface area contributed by atoms with Crippen LogP contribution in [0.2, 0.25) is 0 Å². The lowest BCUT2D eigenvalue weighted by Gasteiger charge is -2.11. The van der Waals surface area contributed by atoms with Crippen LogP contribution < -0.4 is 0 Å². The maximum atomic E-state index is 9.29. The molecule has 3 heteroatoms. The van der Waals surface area contributed by atoms with Crippen molar-refractivity contribution in [1.82, 2.24) is 0 Å². The fourth-order valence-corrected chi connectivity index (χ4v) is 3.55. The highest BCUT2D eigenvalue weighted by molar-refractivity contribution is 7.84. The molecule has 0 bridgehead atoms. The minimum absolute atomic E-state index is 0.302. The van der Waals surface area contributed by atoms with Crippen LogP contribution in [-0.4, -0.2) is 17.1 Å². The van der Waals surface area contributed by atoms with E-state index in [1.165, 1.54) is 77.0 Å². The largest absolute Gasteiger partial charge is 0.388 e. The van der Waals surface area contributed by atoms with Gasteiger partial charge in [0.25, 0.3) is 0 Å². The van der Waals surface area contributed by atoms with Crippen LogP contribution in [0.3, 0.4) is 0 Å². The van der Waals surface area contributed by atoms with Gasteiger partial charge in [-0.2, -0.15) is 0 Å². The van der Waals surface area contributed by atoms with Crippen molar-refractivity contribution in [3.8, 4) is 0 Å². The van der Waals surface area contributed by atoms with Crippen LogP contribution in [0, 0.1) is 0 Å². The summed E-state index contributed by atoms with van der Waals surface area (Å²) in [7, 11) is -0.650. The highest BCUT2D eigenvalue weighted by Crippen LogP contribution is 2.45. The first-order valence-electron chi connectivity index (χ1n) is 8.29. The van der Waals surface area contributed by atoms with E-state index >= 15 is 0 Å². The minimum atomic E-state index is -0.650. The van der Waals surface area contributed by atoms with Crippen molar-refractivity contribution >= 4 is 18.5 Å². The third-order valence-electron chi connectivity index (χ3n) is 3.63. The second-order valence-corrected chi connectivity index (χ2v) is 8.94. The van der Waals surface area contributed by atoms with E-state index in [0.29, 0.717) is 0 Å². The van der Waals surface area contributed by atoms with Crippen LogP contribution in [0.4, 0.5) is 0 Å². The van der Waals surface area contributed by atoms with Gasteiger partial charge in [0.05, 0.1) is 5.85 Å². The maximum absolute atomic E-state index is 9.29. The van der Waals surface area contributed by atoms with Crippen LogP contribution in [0.15, 0.2) is 0 Å². The Labute approximate surface area is 127 Å². The van der Waals surface area contributed by atoms with Crippen LogP contribution in [0.25, 0.3) is 0 Å². The molecule has 0 aliphatic heterocycles. The van der Waals surface area contributed by atoms with E-state index in [1.807, 2.05) is 0 Å². The molecule has 0 amide bonds. The van der Waals surface area contributed by atoms with Crippen LogP contribution in [0.5, 0.6) is 0 Å². The smallest absolute Gasteiger partial charge is 0.0845 e.